The Bertz CT molecular complexity index is 1230. The number of phenols is 2. The summed E-state index contributed by atoms with van der Waals surface area (Å²) in [7, 11) is 0. The quantitative estimate of drug-likeness (QED) is 0.390. The Hall–Kier alpha value is -3.80. The lowest BCUT2D eigenvalue weighted by molar-refractivity contribution is 0.0248. The van der Waals surface area contributed by atoms with Crippen molar-refractivity contribution in [2.45, 2.75) is 59.0 Å². The number of carboxylic acid groups (broad SMARTS) is 1. The zero-order chi connectivity index (χ0) is 25.5. The fourth-order valence-electron chi connectivity index (χ4n) is 5.09. The molecule has 3 aromatic rings. The number of hydrogen-bond donors (Lipinski definition) is 3. The maximum atomic E-state index is 13.3. The standard InChI is InChI=1S/C29H30O6/c1-5-16-12-20(13-17(6-2)25(16)30)29(21-14-18(7-3)26(31)19(8-4)15-21)23-11-9-10-22(27(32)33)24(23)28(34)35-29/h9-15,30-31H,5-8H2,1-4H3,(H,32,33). The lowest BCUT2D eigenvalue weighted by Gasteiger charge is -2.32. The maximum absolute atomic E-state index is 13.3. The normalized spacial score (nSPS) is 14.0. The number of carboxylic acids is 1. The van der Waals surface area contributed by atoms with Gasteiger partial charge in [0.2, 0.25) is 0 Å². The molecule has 1 aliphatic rings. The molecule has 0 spiro atoms. The minimum atomic E-state index is -1.43. The van der Waals surface area contributed by atoms with Gasteiger partial charge in [-0.1, -0.05) is 39.8 Å². The third kappa shape index (κ3) is 3.64. The van der Waals surface area contributed by atoms with Crippen LogP contribution in [0.1, 0.15) is 87.4 Å². The topological polar surface area (TPSA) is 104 Å². The molecule has 0 radical (unpaired) electrons. The van der Waals surface area contributed by atoms with E-state index in [4.69, 9.17) is 4.74 Å². The molecule has 182 valence electrons. The van der Waals surface area contributed by atoms with Gasteiger partial charge in [-0.2, -0.15) is 0 Å². The fourth-order valence-corrected chi connectivity index (χ4v) is 5.09. The Labute approximate surface area is 204 Å². The van der Waals surface area contributed by atoms with Gasteiger partial charge in [0.1, 0.15) is 11.5 Å². The zero-order valence-electron chi connectivity index (χ0n) is 20.4. The highest BCUT2D eigenvalue weighted by atomic mass is 16.6. The number of benzene rings is 3. The van der Waals surface area contributed by atoms with Crippen molar-refractivity contribution < 1.29 is 29.6 Å². The number of cyclic esters (lactones) is 1. The van der Waals surface area contributed by atoms with Crippen LogP contribution >= 0.6 is 0 Å². The number of rotatable bonds is 7. The van der Waals surface area contributed by atoms with E-state index in [0.29, 0.717) is 64.6 Å². The number of aryl methyl sites for hydroxylation is 4. The molecule has 35 heavy (non-hydrogen) atoms. The average Bonchev–Trinajstić information content (AvgIpc) is 3.17. The summed E-state index contributed by atoms with van der Waals surface area (Å²) in [4.78, 5) is 25.3. The third-order valence-corrected chi connectivity index (χ3v) is 7.00. The summed E-state index contributed by atoms with van der Waals surface area (Å²) in [5.74, 6) is -1.50. The molecule has 0 atom stereocenters. The number of aromatic carboxylic acids is 1. The van der Waals surface area contributed by atoms with E-state index < -0.39 is 17.5 Å². The van der Waals surface area contributed by atoms with Gasteiger partial charge in [-0.3, -0.25) is 0 Å². The summed E-state index contributed by atoms with van der Waals surface area (Å²) in [6, 6.07) is 12.0. The zero-order valence-corrected chi connectivity index (χ0v) is 20.4. The predicted octanol–water partition coefficient (Wildman–Crippen LogP) is 5.51. The summed E-state index contributed by atoms with van der Waals surface area (Å²) in [5, 5.41) is 31.3. The highest BCUT2D eigenvalue weighted by Crippen LogP contribution is 2.50. The van der Waals surface area contributed by atoms with Crippen LogP contribution in [0.4, 0.5) is 0 Å². The van der Waals surface area contributed by atoms with Crippen molar-refractivity contribution in [2.75, 3.05) is 0 Å². The summed E-state index contributed by atoms with van der Waals surface area (Å²) < 4.78 is 6.19. The van der Waals surface area contributed by atoms with E-state index in [-0.39, 0.29) is 22.6 Å². The van der Waals surface area contributed by atoms with Crippen LogP contribution in [0.2, 0.25) is 0 Å². The van der Waals surface area contributed by atoms with Gasteiger partial charge in [0, 0.05) is 16.7 Å². The third-order valence-electron chi connectivity index (χ3n) is 7.00. The molecule has 0 aromatic heterocycles. The Kier molecular flexibility index (Phi) is 6.32. The first kappa shape index (κ1) is 24.3. The minimum Gasteiger partial charge on any atom is -0.507 e. The molecule has 6 heteroatoms. The molecule has 0 bridgehead atoms. The number of esters is 1. The maximum Gasteiger partial charge on any atom is 0.341 e. The van der Waals surface area contributed by atoms with Gasteiger partial charge in [-0.05, 0) is 78.3 Å². The molecular weight excluding hydrogens is 444 g/mol. The van der Waals surface area contributed by atoms with Crippen LogP contribution in [-0.4, -0.2) is 27.3 Å². The van der Waals surface area contributed by atoms with Gasteiger partial charge in [0.15, 0.2) is 5.60 Å². The number of aromatic hydroxyl groups is 2. The monoisotopic (exact) mass is 474 g/mol. The van der Waals surface area contributed by atoms with E-state index >= 15 is 0 Å². The number of carbonyl (C=O) groups excluding carboxylic acids is 1. The van der Waals surface area contributed by atoms with Crippen molar-refractivity contribution in [3.05, 3.63) is 92.5 Å². The van der Waals surface area contributed by atoms with Crippen molar-refractivity contribution in [1.82, 2.24) is 0 Å². The molecule has 1 heterocycles. The van der Waals surface area contributed by atoms with Crippen LogP contribution in [0.5, 0.6) is 11.5 Å². The summed E-state index contributed by atoms with van der Waals surface area (Å²) >= 11 is 0. The Morgan fingerprint density at radius 3 is 1.60 bits per heavy atom. The minimum absolute atomic E-state index is 0.0216. The predicted molar refractivity (Wildman–Crippen MR) is 132 cm³/mol. The first-order chi connectivity index (χ1) is 16.7. The van der Waals surface area contributed by atoms with E-state index in [0.717, 1.165) is 0 Å². The van der Waals surface area contributed by atoms with Crippen LogP contribution in [0.25, 0.3) is 0 Å². The first-order valence-corrected chi connectivity index (χ1v) is 12.0. The summed E-state index contributed by atoms with van der Waals surface area (Å²) in [5.41, 5.74) is 3.02. The second-order valence-electron chi connectivity index (χ2n) is 8.80. The Morgan fingerprint density at radius 1 is 0.800 bits per heavy atom. The van der Waals surface area contributed by atoms with Gasteiger partial charge < -0.3 is 20.1 Å². The molecule has 0 amide bonds. The second-order valence-corrected chi connectivity index (χ2v) is 8.80. The van der Waals surface area contributed by atoms with E-state index in [1.807, 2.05) is 52.0 Å². The lowest BCUT2D eigenvalue weighted by Crippen LogP contribution is -2.30. The SMILES string of the molecule is CCc1cc(C2(c3cc(CC)c(O)c(CC)c3)OC(=O)c3c(C(=O)O)cccc32)cc(CC)c1O. The van der Waals surface area contributed by atoms with Crippen LogP contribution in [0, 0.1) is 0 Å². The summed E-state index contributed by atoms with van der Waals surface area (Å²) in [6.07, 6.45) is 2.26. The average molecular weight is 475 g/mol. The Morgan fingerprint density at radius 2 is 1.23 bits per heavy atom. The van der Waals surface area contributed by atoms with Gasteiger partial charge in [0.05, 0.1) is 11.1 Å². The number of carbonyl (C=O) groups is 2. The smallest absolute Gasteiger partial charge is 0.341 e. The summed E-state index contributed by atoms with van der Waals surface area (Å²) in [6.45, 7) is 7.75. The molecule has 0 saturated heterocycles. The number of ether oxygens (including phenoxy) is 1. The van der Waals surface area contributed by atoms with Crippen molar-refractivity contribution in [3.63, 3.8) is 0 Å². The fraction of sp³-hybridized carbons (Fsp3) is 0.310. The van der Waals surface area contributed by atoms with Crippen LogP contribution in [0.3, 0.4) is 0 Å². The highest BCUT2D eigenvalue weighted by Gasteiger charge is 2.51. The molecule has 0 saturated carbocycles. The molecule has 0 aliphatic carbocycles. The molecule has 6 nitrogen and oxygen atoms in total. The van der Waals surface area contributed by atoms with Crippen molar-refractivity contribution >= 4 is 11.9 Å². The molecule has 4 rings (SSSR count). The van der Waals surface area contributed by atoms with Gasteiger partial charge >= 0.3 is 11.9 Å². The van der Waals surface area contributed by atoms with E-state index in [1.54, 1.807) is 12.1 Å². The van der Waals surface area contributed by atoms with Crippen molar-refractivity contribution in [3.8, 4) is 11.5 Å². The van der Waals surface area contributed by atoms with E-state index in [1.165, 1.54) is 6.07 Å². The Balaban J connectivity index is 2.18. The largest absolute Gasteiger partial charge is 0.507 e. The van der Waals surface area contributed by atoms with Crippen LogP contribution in [-0.2, 0) is 36.0 Å². The molecule has 1 aliphatic heterocycles. The van der Waals surface area contributed by atoms with Gasteiger partial charge in [-0.25, -0.2) is 9.59 Å². The highest BCUT2D eigenvalue weighted by molar-refractivity contribution is 6.06. The number of hydrogen-bond acceptors (Lipinski definition) is 5. The van der Waals surface area contributed by atoms with Gasteiger partial charge in [0.25, 0.3) is 0 Å². The molecule has 0 unspecified atom stereocenters. The molecule has 3 aromatic carbocycles. The lowest BCUT2D eigenvalue weighted by atomic mass is 9.76. The van der Waals surface area contributed by atoms with Crippen molar-refractivity contribution in [1.29, 1.82) is 0 Å². The molecule has 0 fully saturated rings. The van der Waals surface area contributed by atoms with Crippen LogP contribution < -0.4 is 0 Å². The van der Waals surface area contributed by atoms with Crippen molar-refractivity contribution in [2.24, 2.45) is 0 Å². The molecular formula is C29H30O6. The van der Waals surface area contributed by atoms with E-state index in [9.17, 15) is 24.9 Å². The second kappa shape index (κ2) is 9.10. The number of fused-ring (bicyclic) bond motifs is 1. The van der Waals surface area contributed by atoms with E-state index in [2.05, 4.69) is 0 Å². The van der Waals surface area contributed by atoms with Gasteiger partial charge in [-0.15, -0.1) is 0 Å². The van der Waals surface area contributed by atoms with Crippen LogP contribution in [0.15, 0.2) is 42.5 Å². The first-order valence-electron chi connectivity index (χ1n) is 12.0. The molecule has 3 N–H and O–H groups in total. The number of phenolic OH excluding ortho intramolecular Hbond substituents is 2.